The van der Waals surface area contributed by atoms with Crippen molar-refractivity contribution in [3.05, 3.63) is 23.8 Å². The van der Waals surface area contributed by atoms with Gasteiger partial charge in [-0.15, -0.1) is 0 Å². The zero-order valence-electron chi connectivity index (χ0n) is 16.5. The molecule has 8 atom stereocenters. The van der Waals surface area contributed by atoms with Crippen LogP contribution < -0.4 is 0 Å². The molecule has 2 N–H and O–H groups in total. The fraction of sp³-hybridized carbons (Fsp3) is 0.727. The second-order valence-electron chi connectivity index (χ2n) is 9.75. The van der Waals surface area contributed by atoms with Gasteiger partial charge in [-0.1, -0.05) is 25.5 Å². The highest BCUT2D eigenvalue weighted by atomic mass is 19.1. The van der Waals surface area contributed by atoms with Crippen molar-refractivity contribution in [3.63, 3.8) is 0 Å². The lowest BCUT2D eigenvalue weighted by Gasteiger charge is -2.63. The number of halogens is 2. The summed E-state index contributed by atoms with van der Waals surface area (Å²) in [6.45, 7) is 4.10. The van der Waals surface area contributed by atoms with Crippen LogP contribution in [0.25, 0.3) is 0 Å². The molecule has 0 radical (unpaired) electrons. The summed E-state index contributed by atoms with van der Waals surface area (Å²) in [6.07, 6.45) is 3.77. The molecule has 3 saturated carbocycles. The number of alkyl halides is 2. The van der Waals surface area contributed by atoms with Crippen molar-refractivity contribution in [2.45, 2.75) is 63.8 Å². The van der Waals surface area contributed by atoms with Crippen LogP contribution >= 0.6 is 0 Å². The van der Waals surface area contributed by atoms with E-state index in [1.807, 2.05) is 6.92 Å². The molecule has 0 aromatic rings. The minimum atomic E-state index is -2.02. The van der Waals surface area contributed by atoms with Crippen molar-refractivity contribution >= 4 is 11.6 Å². The quantitative estimate of drug-likeness (QED) is 0.755. The molecule has 28 heavy (non-hydrogen) atoms. The van der Waals surface area contributed by atoms with Gasteiger partial charge in [-0.2, -0.15) is 0 Å². The van der Waals surface area contributed by atoms with Crippen molar-refractivity contribution in [1.29, 1.82) is 0 Å². The Morgan fingerprint density at radius 3 is 2.64 bits per heavy atom. The first-order valence-electron chi connectivity index (χ1n) is 10.1. The zero-order chi connectivity index (χ0) is 20.7. The van der Waals surface area contributed by atoms with Crippen LogP contribution in [0.5, 0.6) is 0 Å². The van der Waals surface area contributed by atoms with E-state index in [2.05, 4.69) is 0 Å². The topological polar surface area (TPSA) is 74.6 Å². The predicted octanol–water partition coefficient (Wildman–Crippen LogP) is 2.87. The number of hydrogen-bond donors (Lipinski definition) is 2. The lowest BCUT2D eigenvalue weighted by atomic mass is 9.43. The van der Waals surface area contributed by atoms with Gasteiger partial charge in [-0.05, 0) is 56.6 Å². The molecular weight excluding hydrogens is 366 g/mol. The van der Waals surface area contributed by atoms with Gasteiger partial charge < -0.3 is 10.2 Å². The Hall–Kier alpha value is -1.40. The molecule has 154 valence electrons. The van der Waals surface area contributed by atoms with E-state index < -0.39 is 46.6 Å². The van der Waals surface area contributed by atoms with Crippen LogP contribution in [-0.2, 0) is 9.59 Å². The molecule has 0 aliphatic heterocycles. The number of Topliss-reactive ketones (excluding diaryl/α,β-unsaturated/α-hetero) is 1. The van der Waals surface area contributed by atoms with E-state index in [-0.39, 0.29) is 30.5 Å². The maximum Gasteiger partial charge on any atom is 0.195 e. The van der Waals surface area contributed by atoms with Crippen LogP contribution in [0.1, 0.15) is 46.5 Å². The smallest absolute Gasteiger partial charge is 0.195 e. The van der Waals surface area contributed by atoms with Crippen molar-refractivity contribution in [1.82, 2.24) is 0 Å². The van der Waals surface area contributed by atoms with Crippen molar-refractivity contribution in [3.8, 4) is 0 Å². The predicted molar refractivity (Wildman–Crippen MR) is 98.8 cm³/mol. The molecule has 0 amide bonds. The Morgan fingerprint density at radius 2 is 2.00 bits per heavy atom. The lowest BCUT2D eigenvalue weighted by molar-refractivity contribution is -0.220. The van der Waals surface area contributed by atoms with Crippen LogP contribution in [-0.4, -0.2) is 45.8 Å². The molecule has 3 fully saturated rings. The third-order valence-electron chi connectivity index (χ3n) is 8.70. The Balaban J connectivity index is 1.84. The average Bonchev–Trinajstić information content (AvgIpc) is 2.91. The minimum absolute atomic E-state index is 0.0760. The molecule has 0 heterocycles. The fourth-order valence-electron chi connectivity index (χ4n) is 7.17. The Bertz CT molecular complexity index is 806. The van der Waals surface area contributed by atoms with Crippen LogP contribution in [0, 0.1) is 28.6 Å². The molecule has 0 spiro atoms. The number of aliphatic hydroxyl groups is 2. The van der Waals surface area contributed by atoms with Gasteiger partial charge in [0.1, 0.15) is 5.60 Å². The number of rotatable bonds is 2. The number of hydrogen-bond acceptors (Lipinski definition) is 4. The van der Waals surface area contributed by atoms with Gasteiger partial charge in [0.25, 0.3) is 0 Å². The number of carbonyl (C=O) groups excluding carboxylic acids is 2. The summed E-state index contributed by atoms with van der Waals surface area (Å²) in [5, 5.41) is 22.2. The molecule has 4 rings (SSSR count). The van der Waals surface area contributed by atoms with Crippen LogP contribution in [0.3, 0.4) is 0 Å². The molecule has 0 saturated heterocycles. The third kappa shape index (κ3) is 2.06. The number of aliphatic hydroxyl groups excluding tert-OH is 1. The van der Waals surface area contributed by atoms with E-state index in [9.17, 15) is 24.2 Å². The van der Waals surface area contributed by atoms with Crippen molar-refractivity contribution in [2.75, 3.05) is 6.67 Å². The number of ketones is 2. The SMILES string of the molecule is C[C@H]1C[C@@H]2[C@@H]3CC[C@](O)(C(=O)CF)[C@]3(C)C[C@H](O)[C@]2(F)[C@]2(C)C=CC(=O)C=C12. The molecule has 4 nitrogen and oxygen atoms in total. The molecular formula is C22H28F2O4. The Kier molecular flexibility index (Phi) is 4.13. The second kappa shape index (κ2) is 5.82. The monoisotopic (exact) mass is 394 g/mol. The van der Waals surface area contributed by atoms with Gasteiger partial charge >= 0.3 is 0 Å². The van der Waals surface area contributed by atoms with E-state index in [1.54, 1.807) is 19.9 Å². The van der Waals surface area contributed by atoms with Crippen LogP contribution in [0.4, 0.5) is 8.78 Å². The number of fused-ring (bicyclic) bond motifs is 5. The maximum absolute atomic E-state index is 16.9. The van der Waals surface area contributed by atoms with E-state index in [0.29, 0.717) is 18.4 Å². The molecule has 6 heteroatoms. The van der Waals surface area contributed by atoms with Crippen LogP contribution in [0.15, 0.2) is 23.8 Å². The second-order valence-corrected chi connectivity index (χ2v) is 9.75. The Morgan fingerprint density at radius 1 is 1.32 bits per heavy atom. The zero-order valence-corrected chi connectivity index (χ0v) is 16.5. The minimum Gasteiger partial charge on any atom is -0.390 e. The highest BCUT2D eigenvalue weighted by molar-refractivity contribution is 6.01. The molecule has 0 aromatic heterocycles. The normalized spacial score (nSPS) is 52.5. The first-order valence-corrected chi connectivity index (χ1v) is 10.1. The first kappa shape index (κ1) is 19.9. The Labute approximate surface area is 163 Å². The summed E-state index contributed by atoms with van der Waals surface area (Å²) in [6, 6.07) is 0. The molecule has 0 aromatic carbocycles. The van der Waals surface area contributed by atoms with Crippen molar-refractivity contribution in [2.24, 2.45) is 28.6 Å². The fourth-order valence-corrected chi connectivity index (χ4v) is 7.17. The van der Waals surface area contributed by atoms with Gasteiger partial charge in [0.15, 0.2) is 23.9 Å². The summed E-state index contributed by atoms with van der Waals surface area (Å²) in [5.41, 5.74) is -5.42. The van der Waals surface area contributed by atoms with Gasteiger partial charge in [0.2, 0.25) is 0 Å². The van der Waals surface area contributed by atoms with E-state index in [4.69, 9.17) is 0 Å². The molecule has 0 unspecified atom stereocenters. The van der Waals surface area contributed by atoms with E-state index in [1.165, 1.54) is 12.2 Å². The van der Waals surface area contributed by atoms with Gasteiger partial charge in [-0.25, -0.2) is 8.78 Å². The summed E-state index contributed by atoms with van der Waals surface area (Å²) >= 11 is 0. The largest absolute Gasteiger partial charge is 0.390 e. The van der Waals surface area contributed by atoms with Gasteiger partial charge in [0.05, 0.1) is 6.10 Å². The van der Waals surface area contributed by atoms with Gasteiger partial charge in [0, 0.05) is 16.7 Å². The lowest BCUT2D eigenvalue weighted by Crippen LogP contribution is -2.69. The summed E-state index contributed by atoms with van der Waals surface area (Å²) in [7, 11) is 0. The van der Waals surface area contributed by atoms with E-state index >= 15 is 4.39 Å². The van der Waals surface area contributed by atoms with E-state index in [0.717, 1.165) is 0 Å². The van der Waals surface area contributed by atoms with Crippen molar-refractivity contribution < 1.29 is 28.6 Å². The molecule has 4 aliphatic carbocycles. The summed E-state index contributed by atoms with van der Waals surface area (Å²) < 4.78 is 30.1. The number of allylic oxidation sites excluding steroid dienone is 4. The number of carbonyl (C=O) groups is 2. The molecule has 4 aliphatic rings. The summed E-state index contributed by atoms with van der Waals surface area (Å²) in [4.78, 5) is 24.2. The third-order valence-corrected chi connectivity index (χ3v) is 8.70. The highest BCUT2D eigenvalue weighted by Gasteiger charge is 2.74. The first-order chi connectivity index (χ1) is 13.0. The highest BCUT2D eigenvalue weighted by Crippen LogP contribution is 2.70. The standard InChI is InChI=1S/C22H28F2O4/c1-12-8-16-14-5-7-21(28,18(27)11-23)20(14,3)10-17(26)22(16,24)19(2)6-4-13(25)9-15(12)19/h4,6,9,12,14,16-17,26,28H,5,7-8,10-11H2,1-3H3/t12-,14-,16+,17-,19+,20+,21-,22-/m0/s1. The van der Waals surface area contributed by atoms with Crippen LogP contribution in [0.2, 0.25) is 0 Å². The average molecular weight is 394 g/mol. The summed E-state index contributed by atoms with van der Waals surface area (Å²) in [5.74, 6) is -2.09. The maximum atomic E-state index is 16.9. The molecule has 0 bridgehead atoms. The van der Waals surface area contributed by atoms with Gasteiger partial charge in [-0.3, -0.25) is 9.59 Å².